The predicted octanol–water partition coefficient (Wildman–Crippen LogP) is 14.2. The number of esters is 2. The molecule has 0 saturated heterocycles. The van der Waals surface area contributed by atoms with Crippen LogP contribution in [0.15, 0.2) is 0 Å². The van der Waals surface area contributed by atoms with E-state index in [2.05, 4.69) is 53.4 Å². The lowest BCUT2D eigenvalue weighted by Gasteiger charge is -2.30. The number of carbonyl (C=O) groups is 2. The third-order valence-electron chi connectivity index (χ3n) is 11.9. The van der Waals surface area contributed by atoms with Gasteiger partial charge in [-0.3, -0.25) is 9.59 Å². The number of aliphatic hydroxyl groups is 1. The number of hydrogen-bond acceptors (Lipinski definition) is 6. The molecule has 6 heteroatoms. The lowest BCUT2D eigenvalue weighted by Crippen LogP contribution is -2.30. The molecule has 0 aromatic rings. The summed E-state index contributed by atoms with van der Waals surface area (Å²) in [6, 6.07) is 0. The Bertz CT molecular complexity index is 844. The first kappa shape index (κ1) is 53.9. The van der Waals surface area contributed by atoms with E-state index in [1.165, 1.54) is 122 Å². The van der Waals surface area contributed by atoms with Crippen molar-refractivity contribution in [1.29, 1.82) is 0 Å². The van der Waals surface area contributed by atoms with Crippen LogP contribution in [0.1, 0.15) is 248 Å². The number of nitrogens with zero attached hydrogens (tertiary/aromatic N) is 1. The molecule has 0 aromatic carbocycles. The summed E-state index contributed by atoms with van der Waals surface area (Å²) in [7, 11) is 0. The Morgan fingerprint density at radius 3 is 1.60 bits per heavy atom. The minimum atomic E-state index is -0.427. The molecule has 0 aliphatic heterocycles. The van der Waals surface area contributed by atoms with Gasteiger partial charge in [-0.2, -0.15) is 0 Å². The Hall–Kier alpha value is -1.14. The van der Waals surface area contributed by atoms with Crippen molar-refractivity contribution < 1.29 is 24.2 Å². The van der Waals surface area contributed by atoms with E-state index in [0.717, 1.165) is 90.3 Å². The van der Waals surface area contributed by atoms with Crippen LogP contribution in [-0.4, -0.2) is 61.4 Å². The Balaban J connectivity index is 4.45. The molecule has 55 heavy (non-hydrogen) atoms. The Labute approximate surface area is 343 Å². The Morgan fingerprint density at radius 1 is 0.527 bits per heavy atom. The topological polar surface area (TPSA) is 76.1 Å². The van der Waals surface area contributed by atoms with Gasteiger partial charge in [-0.1, -0.05) is 157 Å². The molecule has 6 nitrogen and oxygen atoms in total. The Morgan fingerprint density at radius 2 is 1.02 bits per heavy atom. The van der Waals surface area contributed by atoms with Crippen LogP contribution in [0.4, 0.5) is 0 Å². The molecule has 0 saturated carbocycles. The van der Waals surface area contributed by atoms with Crippen molar-refractivity contribution in [3.05, 3.63) is 0 Å². The standard InChI is InChI=1S/C49H97NO5/c1-8-11-14-17-18-21-26-35-46(52)54-43-32-28-36-48(4,5)38-41-50(40-30-31-42-51)39-29-23-22-27-37-49(6,7)47(53)55-44-45(33-24-19-15-12-9-2)34-25-20-16-13-10-3/h45,51H,8-44H2,1-7H3. The number of hydrogen-bond donors (Lipinski definition) is 1. The number of ether oxygens (including phenoxy) is 2. The van der Waals surface area contributed by atoms with Gasteiger partial charge in [-0.25, -0.2) is 0 Å². The van der Waals surface area contributed by atoms with E-state index in [1.54, 1.807) is 0 Å². The predicted molar refractivity (Wildman–Crippen MR) is 237 cm³/mol. The van der Waals surface area contributed by atoms with Gasteiger partial charge >= 0.3 is 11.9 Å². The highest BCUT2D eigenvalue weighted by Crippen LogP contribution is 2.29. The third kappa shape index (κ3) is 34.6. The maximum absolute atomic E-state index is 13.2. The molecule has 0 aromatic heterocycles. The van der Waals surface area contributed by atoms with Crippen LogP contribution in [0.5, 0.6) is 0 Å². The van der Waals surface area contributed by atoms with E-state index in [1.807, 2.05) is 0 Å². The van der Waals surface area contributed by atoms with Gasteiger partial charge in [0.1, 0.15) is 0 Å². The lowest BCUT2D eigenvalue weighted by atomic mass is 9.83. The largest absolute Gasteiger partial charge is 0.466 e. The smallest absolute Gasteiger partial charge is 0.311 e. The van der Waals surface area contributed by atoms with E-state index < -0.39 is 5.41 Å². The number of unbranched alkanes of at least 4 members (excludes halogenated alkanes) is 19. The van der Waals surface area contributed by atoms with Gasteiger partial charge in [0.25, 0.3) is 0 Å². The summed E-state index contributed by atoms with van der Waals surface area (Å²) in [5.41, 5.74) is -0.176. The highest BCUT2D eigenvalue weighted by atomic mass is 16.5. The number of carbonyl (C=O) groups excluding carboxylic acids is 2. The third-order valence-corrected chi connectivity index (χ3v) is 11.9. The second kappa shape index (κ2) is 37.2. The van der Waals surface area contributed by atoms with Crippen LogP contribution in [0.2, 0.25) is 0 Å². The molecule has 328 valence electrons. The van der Waals surface area contributed by atoms with Crippen molar-refractivity contribution in [3.63, 3.8) is 0 Å². The fourth-order valence-corrected chi connectivity index (χ4v) is 7.69. The van der Waals surface area contributed by atoms with Crippen molar-refractivity contribution in [3.8, 4) is 0 Å². The van der Waals surface area contributed by atoms with Gasteiger partial charge in [-0.15, -0.1) is 0 Å². The maximum Gasteiger partial charge on any atom is 0.311 e. The van der Waals surface area contributed by atoms with Gasteiger partial charge in [0, 0.05) is 13.0 Å². The maximum atomic E-state index is 13.2. The molecule has 0 fully saturated rings. The molecule has 1 N–H and O–H groups in total. The minimum absolute atomic E-state index is 0.00745. The zero-order valence-electron chi connectivity index (χ0n) is 38.3. The summed E-state index contributed by atoms with van der Waals surface area (Å²) in [5.74, 6) is 0.477. The summed E-state index contributed by atoms with van der Waals surface area (Å²) in [4.78, 5) is 27.9. The van der Waals surface area contributed by atoms with E-state index in [4.69, 9.17) is 9.47 Å². The van der Waals surface area contributed by atoms with Crippen LogP contribution >= 0.6 is 0 Å². The SMILES string of the molecule is CCCCCCCCCC(=O)OCCCCC(C)(C)CCN(CCCCO)CCCCCCC(C)(C)C(=O)OCC(CCCCCCC)CCCCCCC. The first-order valence-corrected chi connectivity index (χ1v) is 24.2. The molecule has 0 bridgehead atoms. The van der Waals surface area contributed by atoms with Gasteiger partial charge in [0.05, 0.1) is 18.6 Å². The van der Waals surface area contributed by atoms with E-state index in [0.29, 0.717) is 25.6 Å². The molecule has 0 rings (SSSR count). The second-order valence-electron chi connectivity index (χ2n) is 18.7. The average Bonchev–Trinajstić information content (AvgIpc) is 3.15. The summed E-state index contributed by atoms with van der Waals surface area (Å²) >= 11 is 0. The summed E-state index contributed by atoms with van der Waals surface area (Å²) in [6.07, 6.45) is 36.2. The number of rotatable bonds is 42. The van der Waals surface area contributed by atoms with Gasteiger partial charge in [0.15, 0.2) is 0 Å². The molecule has 0 radical (unpaired) electrons. The zero-order valence-corrected chi connectivity index (χ0v) is 38.3. The van der Waals surface area contributed by atoms with Crippen LogP contribution in [0, 0.1) is 16.7 Å². The van der Waals surface area contributed by atoms with Crippen molar-refractivity contribution in [1.82, 2.24) is 4.90 Å². The first-order chi connectivity index (χ1) is 26.5. The summed E-state index contributed by atoms with van der Waals surface area (Å²) < 4.78 is 11.6. The second-order valence-corrected chi connectivity index (χ2v) is 18.7. The van der Waals surface area contributed by atoms with Crippen LogP contribution in [0.25, 0.3) is 0 Å². The molecule has 0 unspecified atom stereocenters. The molecule has 0 spiro atoms. The van der Waals surface area contributed by atoms with E-state index in [9.17, 15) is 14.7 Å². The van der Waals surface area contributed by atoms with Crippen molar-refractivity contribution in [2.75, 3.05) is 39.5 Å². The van der Waals surface area contributed by atoms with Crippen molar-refractivity contribution in [2.24, 2.45) is 16.7 Å². The van der Waals surface area contributed by atoms with Crippen LogP contribution in [-0.2, 0) is 19.1 Å². The molecule has 0 aliphatic rings. The molecule has 0 atom stereocenters. The first-order valence-electron chi connectivity index (χ1n) is 24.2. The van der Waals surface area contributed by atoms with Gasteiger partial charge in [0.2, 0.25) is 0 Å². The van der Waals surface area contributed by atoms with Crippen molar-refractivity contribution >= 4 is 11.9 Å². The molecule has 0 heterocycles. The molecule has 0 amide bonds. The fourth-order valence-electron chi connectivity index (χ4n) is 7.69. The monoisotopic (exact) mass is 780 g/mol. The summed E-state index contributed by atoms with van der Waals surface area (Å²) in [6.45, 7) is 20.3. The minimum Gasteiger partial charge on any atom is -0.466 e. The quantitative estimate of drug-likeness (QED) is 0.0491. The summed E-state index contributed by atoms with van der Waals surface area (Å²) in [5, 5.41) is 9.38. The highest BCUT2D eigenvalue weighted by Gasteiger charge is 2.29. The fraction of sp³-hybridized carbons (Fsp3) is 0.959. The van der Waals surface area contributed by atoms with E-state index >= 15 is 0 Å². The van der Waals surface area contributed by atoms with Crippen LogP contribution in [0.3, 0.4) is 0 Å². The molecular weight excluding hydrogens is 683 g/mol. The zero-order chi connectivity index (χ0) is 40.9. The normalized spacial score (nSPS) is 12.3. The van der Waals surface area contributed by atoms with Gasteiger partial charge in [-0.05, 0) is 115 Å². The molecule has 0 aliphatic carbocycles. The average molecular weight is 780 g/mol. The van der Waals surface area contributed by atoms with E-state index in [-0.39, 0.29) is 24.0 Å². The molecular formula is C49H97NO5. The van der Waals surface area contributed by atoms with Crippen molar-refractivity contribution in [2.45, 2.75) is 248 Å². The van der Waals surface area contributed by atoms with Crippen LogP contribution < -0.4 is 0 Å². The number of aliphatic hydroxyl groups excluding tert-OH is 1. The lowest BCUT2D eigenvalue weighted by molar-refractivity contribution is -0.156. The highest BCUT2D eigenvalue weighted by molar-refractivity contribution is 5.75. The Kier molecular flexibility index (Phi) is 36.4. The van der Waals surface area contributed by atoms with Gasteiger partial charge < -0.3 is 19.5 Å².